The summed E-state index contributed by atoms with van der Waals surface area (Å²) in [6, 6.07) is 10.5. The lowest BCUT2D eigenvalue weighted by Crippen LogP contribution is -2.36. The van der Waals surface area contributed by atoms with Gasteiger partial charge in [-0.3, -0.25) is 11.3 Å². The number of benzene rings is 1. The van der Waals surface area contributed by atoms with Gasteiger partial charge in [-0.1, -0.05) is 38.0 Å². The third kappa shape index (κ3) is 3.12. The molecule has 1 heterocycles. The molecule has 3 N–H and O–H groups in total. The summed E-state index contributed by atoms with van der Waals surface area (Å²) in [4.78, 5) is 4.86. The molecule has 0 amide bonds. The Morgan fingerprint density at radius 3 is 2.90 bits per heavy atom. The minimum atomic E-state index is 0.117. The molecule has 1 aliphatic rings. The highest BCUT2D eigenvalue weighted by molar-refractivity contribution is 9.10. The summed E-state index contributed by atoms with van der Waals surface area (Å²) in [5, 5.41) is 1.15. The first-order chi connectivity index (χ1) is 10.2. The van der Waals surface area contributed by atoms with E-state index in [-0.39, 0.29) is 6.04 Å². The molecule has 0 radical (unpaired) electrons. The molecule has 2 aromatic rings. The van der Waals surface area contributed by atoms with Crippen LogP contribution in [-0.2, 0) is 0 Å². The van der Waals surface area contributed by atoms with Gasteiger partial charge >= 0.3 is 0 Å². The standard InChI is InChI=1S/C17H22BrN3/c1-11-5-4-7-13(9-11)16(21-19)17-14(18)10-12-6-2-3-8-15(12)20-17/h2-3,6,8,10-11,13,16,21H,4-5,7,9,19H2,1H3. The van der Waals surface area contributed by atoms with Gasteiger partial charge in [0.15, 0.2) is 0 Å². The molecule has 0 bridgehead atoms. The Bertz CT molecular complexity index is 628. The molecular weight excluding hydrogens is 326 g/mol. The van der Waals surface area contributed by atoms with Crippen molar-refractivity contribution in [2.24, 2.45) is 17.7 Å². The average molecular weight is 348 g/mol. The molecule has 0 aliphatic heterocycles. The van der Waals surface area contributed by atoms with Crippen LogP contribution in [0, 0.1) is 11.8 Å². The molecular formula is C17H22BrN3. The van der Waals surface area contributed by atoms with Crippen LogP contribution < -0.4 is 11.3 Å². The number of rotatable bonds is 3. The number of hydrogen-bond donors (Lipinski definition) is 2. The van der Waals surface area contributed by atoms with Crippen LogP contribution in [-0.4, -0.2) is 4.98 Å². The molecule has 1 aromatic carbocycles. The van der Waals surface area contributed by atoms with E-state index in [1.165, 1.54) is 25.7 Å². The van der Waals surface area contributed by atoms with Gasteiger partial charge in [-0.15, -0.1) is 0 Å². The molecule has 1 aliphatic carbocycles. The molecule has 112 valence electrons. The van der Waals surface area contributed by atoms with E-state index in [2.05, 4.69) is 46.5 Å². The van der Waals surface area contributed by atoms with Crippen LogP contribution in [0.1, 0.15) is 44.3 Å². The minimum absolute atomic E-state index is 0.117. The highest BCUT2D eigenvalue weighted by Crippen LogP contribution is 2.38. The van der Waals surface area contributed by atoms with E-state index in [4.69, 9.17) is 10.8 Å². The molecule has 4 heteroatoms. The van der Waals surface area contributed by atoms with Gasteiger partial charge in [0.1, 0.15) is 0 Å². The van der Waals surface area contributed by atoms with Gasteiger partial charge in [-0.05, 0) is 52.7 Å². The SMILES string of the molecule is CC1CCCC(C(NN)c2nc3ccccc3cc2Br)C1. The van der Waals surface area contributed by atoms with Crippen molar-refractivity contribution in [2.75, 3.05) is 0 Å². The zero-order valence-corrected chi connectivity index (χ0v) is 13.9. The van der Waals surface area contributed by atoms with Gasteiger partial charge in [0.2, 0.25) is 0 Å². The van der Waals surface area contributed by atoms with Crippen molar-refractivity contribution in [3.63, 3.8) is 0 Å². The maximum atomic E-state index is 5.88. The fourth-order valence-corrected chi connectivity index (χ4v) is 4.13. The maximum absolute atomic E-state index is 5.88. The Kier molecular flexibility index (Phi) is 4.57. The molecule has 1 aromatic heterocycles. The van der Waals surface area contributed by atoms with Crippen molar-refractivity contribution >= 4 is 26.8 Å². The Labute approximate surface area is 134 Å². The molecule has 3 rings (SSSR count). The summed E-state index contributed by atoms with van der Waals surface area (Å²) >= 11 is 3.68. The summed E-state index contributed by atoms with van der Waals surface area (Å²) in [7, 11) is 0. The van der Waals surface area contributed by atoms with Gasteiger partial charge in [-0.25, -0.2) is 4.98 Å². The largest absolute Gasteiger partial charge is 0.271 e. The first-order valence-corrected chi connectivity index (χ1v) is 8.49. The summed E-state index contributed by atoms with van der Waals surface area (Å²) in [5.74, 6) is 7.22. The number of hydrogen-bond acceptors (Lipinski definition) is 3. The molecule has 21 heavy (non-hydrogen) atoms. The molecule has 3 unspecified atom stereocenters. The first-order valence-electron chi connectivity index (χ1n) is 7.70. The van der Waals surface area contributed by atoms with Crippen LogP contribution in [0.5, 0.6) is 0 Å². The van der Waals surface area contributed by atoms with E-state index < -0.39 is 0 Å². The highest BCUT2D eigenvalue weighted by atomic mass is 79.9. The van der Waals surface area contributed by atoms with E-state index in [9.17, 15) is 0 Å². The predicted molar refractivity (Wildman–Crippen MR) is 90.6 cm³/mol. The van der Waals surface area contributed by atoms with Crippen molar-refractivity contribution in [2.45, 2.75) is 38.6 Å². The number of fused-ring (bicyclic) bond motifs is 1. The number of hydrazine groups is 1. The summed E-state index contributed by atoms with van der Waals surface area (Å²) in [6.07, 6.45) is 5.06. The second-order valence-corrected chi connectivity index (χ2v) is 7.08. The smallest absolute Gasteiger partial charge is 0.0738 e. The maximum Gasteiger partial charge on any atom is 0.0738 e. The van der Waals surface area contributed by atoms with Gasteiger partial charge in [0, 0.05) is 9.86 Å². The quantitative estimate of drug-likeness (QED) is 0.641. The normalized spacial score (nSPS) is 24.1. The number of nitrogens with two attached hydrogens (primary N) is 1. The van der Waals surface area contributed by atoms with Crippen LogP contribution >= 0.6 is 15.9 Å². The van der Waals surface area contributed by atoms with Gasteiger partial charge < -0.3 is 0 Å². The van der Waals surface area contributed by atoms with Gasteiger partial charge in [-0.2, -0.15) is 0 Å². The number of halogens is 1. The third-order valence-corrected chi connectivity index (χ3v) is 5.26. The zero-order valence-electron chi connectivity index (χ0n) is 12.3. The third-order valence-electron chi connectivity index (χ3n) is 4.63. The van der Waals surface area contributed by atoms with Crippen LogP contribution in [0.4, 0.5) is 0 Å². The first kappa shape index (κ1) is 14.9. The van der Waals surface area contributed by atoms with Crippen LogP contribution in [0.15, 0.2) is 34.8 Å². The zero-order chi connectivity index (χ0) is 14.8. The van der Waals surface area contributed by atoms with E-state index in [1.807, 2.05) is 12.1 Å². The molecule has 0 spiro atoms. The lowest BCUT2D eigenvalue weighted by molar-refractivity contribution is 0.221. The minimum Gasteiger partial charge on any atom is -0.271 e. The lowest BCUT2D eigenvalue weighted by atomic mass is 9.78. The van der Waals surface area contributed by atoms with Gasteiger partial charge in [0.05, 0.1) is 17.3 Å². The van der Waals surface area contributed by atoms with E-state index in [0.717, 1.165) is 27.0 Å². The Morgan fingerprint density at radius 1 is 1.33 bits per heavy atom. The molecule has 3 nitrogen and oxygen atoms in total. The number of aromatic nitrogens is 1. The summed E-state index contributed by atoms with van der Waals surface area (Å²) < 4.78 is 1.04. The summed E-state index contributed by atoms with van der Waals surface area (Å²) in [5.41, 5.74) is 5.09. The summed E-state index contributed by atoms with van der Waals surface area (Å²) in [6.45, 7) is 2.34. The fourth-order valence-electron chi connectivity index (χ4n) is 3.55. The van der Waals surface area contributed by atoms with Crippen LogP contribution in [0.3, 0.4) is 0 Å². The molecule has 1 saturated carbocycles. The van der Waals surface area contributed by atoms with Gasteiger partial charge in [0.25, 0.3) is 0 Å². The average Bonchev–Trinajstić information content (AvgIpc) is 2.48. The fraction of sp³-hybridized carbons (Fsp3) is 0.471. The highest BCUT2D eigenvalue weighted by Gasteiger charge is 2.29. The Hall–Kier alpha value is -0.970. The number of para-hydroxylation sites is 1. The van der Waals surface area contributed by atoms with E-state index in [0.29, 0.717) is 5.92 Å². The monoisotopic (exact) mass is 347 g/mol. The number of pyridine rings is 1. The molecule has 1 fully saturated rings. The Balaban J connectivity index is 1.98. The van der Waals surface area contributed by atoms with Crippen LogP contribution in [0.2, 0.25) is 0 Å². The second kappa shape index (κ2) is 6.42. The number of nitrogens with one attached hydrogen (secondary N) is 1. The van der Waals surface area contributed by atoms with Crippen molar-refractivity contribution < 1.29 is 0 Å². The second-order valence-electron chi connectivity index (χ2n) is 6.22. The van der Waals surface area contributed by atoms with Crippen molar-refractivity contribution in [3.05, 3.63) is 40.5 Å². The van der Waals surface area contributed by atoms with Crippen molar-refractivity contribution in [1.82, 2.24) is 10.4 Å². The van der Waals surface area contributed by atoms with E-state index in [1.54, 1.807) is 0 Å². The molecule has 3 atom stereocenters. The predicted octanol–water partition coefficient (Wildman–Crippen LogP) is 4.33. The topological polar surface area (TPSA) is 50.9 Å². The Morgan fingerprint density at radius 2 is 2.14 bits per heavy atom. The lowest BCUT2D eigenvalue weighted by Gasteiger charge is -2.33. The van der Waals surface area contributed by atoms with Crippen LogP contribution in [0.25, 0.3) is 10.9 Å². The van der Waals surface area contributed by atoms with E-state index >= 15 is 0 Å². The van der Waals surface area contributed by atoms with Crippen molar-refractivity contribution in [1.29, 1.82) is 0 Å². The number of nitrogens with zero attached hydrogens (tertiary/aromatic N) is 1. The van der Waals surface area contributed by atoms with Crippen molar-refractivity contribution in [3.8, 4) is 0 Å². The molecule has 0 saturated heterocycles.